The topological polar surface area (TPSA) is 59.0 Å². The smallest absolute Gasteiger partial charge is 0.274 e. The molecule has 0 radical (unpaired) electrons. The number of aryl methyl sites for hydroxylation is 2. The van der Waals surface area contributed by atoms with Crippen LogP contribution in [0.5, 0.6) is 0 Å². The van der Waals surface area contributed by atoms with Crippen LogP contribution < -0.4 is 4.90 Å². The molecule has 2 heterocycles. The zero-order chi connectivity index (χ0) is 18.8. The van der Waals surface area contributed by atoms with Crippen molar-refractivity contribution < 1.29 is 4.79 Å². The number of hydrogen-bond donors (Lipinski definition) is 0. The summed E-state index contributed by atoms with van der Waals surface area (Å²) in [5, 5.41) is 4.68. The second-order valence-electron chi connectivity index (χ2n) is 6.22. The Morgan fingerprint density at radius 3 is 2.63 bits per heavy atom. The first-order valence-corrected chi connectivity index (χ1v) is 10.3. The maximum absolute atomic E-state index is 13.3. The Morgan fingerprint density at radius 1 is 1.11 bits per heavy atom. The summed E-state index contributed by atoms with van der Waals surface area (Å²) in [6.07, 6.45) is 0.974. The highest BCUT2D eigenvalue weighted by Gasteiger charge is 2.25. The van der Waals surface area contributed by atoms with Crippen molar-refractivity contribution in [3.63, 3.8) is 0 Å². The van der Waals surface area contributed by atoms with Gasteiger partial charge in [0.2, 0.25) is 0 Å². The van der Waals surface area contributed by atoms with Gasteiger partial charge in [0.1, 0.15) is 4.88 Å². The molecule has 0 saturated heterocycles. The van der Waals surface area contributed by atoms with Gasteiger partial charge in [-0.2, -0.15) is 0 Å². The maximum Gasteiger partial charge on any atom is 0.274 e. The van der Waals surface area contributed by atoms with Crippen molar-refractivity contribution in [3.8, 4) is 0 Å². The lowest BCUT2D eigenvalue weighted by atomic mass is 10.2. The minimum absolute atomic E-state index is 0.110. The van der Waals surface area contributed by atoms with Gasteiger partial charge in [-0.1, -0.05) is 59.1 Å². The highest BCUT2D eigenvalue weighted by molar-refractivity contribution is 7.22. The van der Waals surface area contributed by atoms with Gasteiger partial charge in [0.25, 0.3) is 5.91 Å². The van der Waals surface area contributed by atoms with E-state index < -0.39 is 0 Å². The SMILES string of the molecule is CCc1ccc2nc(N(Cc3ccccc3)C(=O)c3snnc3C)sc2c1. The molecule has 1 amide bonds. The Hall–Kier alpha value is -2.64. The zero-order valence-electron chi connectivity index (χ0n) is 15.0. The Labute approximate surface area is 165 Å². The molecule has 27 heavy (non-hydrogen) atoms. The lowest BCUT2D eigenvalue weighted by Crippen LogP contribution is -2.30. The molecule has 5 nitrogen and oxygen atoms in total. The second kappa shape index (κ2) is 7.54. The summed E-state index contributed by atoms with van der Waals surface area (Å²) in [5.74, 6) is -0.110. The molecule has 2 aromatic carbocycles. The first kappa shape index (κ1) is 17.8. The fraction of sp³-hybridized carbons (Fsp3) is 0.200. The summed E-state index contributed by atoms with van der Waals surface area (Å²) in [6.45, 7) is 4.40. The number of benzene rings is 2. The van der Waals surface area contributed by atoms with E-state index in [4.69, 9.17) is 4.98 Å². The average molecular weight is 395 g/mol. The van der Waals surface area contributed by atoms with Crippen LogP contribution >= 0.6 is 22.9 Å². The summed E-state index contributed by atoms with van der Waals surface area (Å²) in [6, 6.07) is 16.2. The van der Waals surface area contributed by atoms with Gasteiger partial charge in [0.05, 0.1) is 22.5 Å². The van der Waals surface area contributed by atoms with Crippen LogP contribution in [0.4, 0.5) is 5.13 Å². The van der Waals surface area contributed by atoms with Gasteiger partial charge in [-0.25, -0.2) is 4.98 Å². The molecule has 4 aromatic rings. The van der Waals surface area contributed by atoms with Gasteiger partial charge in [-0.15, -0.1) is 5.10 Å². The van der Waals surface area contributed by atoms with Crippen molar-refractivity contribution in [1.82, 2.24) is 14.6 Å². The van der Waals surface area contributed by atoms with Gasteiger partial charge in [0.15, 0.2) is 5.13 Å². The summed E-state index contributed by atoms with van der Waals surface area (Å²) in [5.41, 5.74) is 3.88. The summed E-state index contributed by atoms with van der Waals surface area (Å²) in [4.78, 5) is 20.3. The number of carbonyl (C=O) groups is 1. The molecule has 2 aromatic heterocycles. The number of fused-ring (bicyclic) bond motifs is 1. The van der Waals surface area contributed by atoms with Crippen molar-refractivity contribution in [1.29, 1.82) is 0 Å². The third-order valence-corrected chi connectivity index (χ3v) is 6.21. The van der Waals surface area contributed by atoms with Crippen LogP contribution in [0.25, 0.3) is 10.2 Å². The predicted octanol–water partition coefficient (Wildman–Crippen LogP) is 4.87. The number of hydrogen-bond acceptors (Lipinski definition) is 6. The molecule has 136 valence electrons. The quantitative estimate of drug-likeness (QED) is 0.485. The van der Waals surface area contributed by atoms with E-state index in [2.05, 4.69) is 28.6 Å². The summed E-state index contributed by atoms with van der Waals surface area (Å²) < 4.78 is 5.01. The molecule has 0 N–H and O–H groups in total. The minimum Gasteiger partial charge on any atom is -0.279 e. The van der Waals surface area contributed by atoms with Gasteiger partial charge >= 0.3 is 0 Å². The largest absolute Gasteiger partial charge is 0.279 e. The first-order chi connectivity index (χ1) is 13.2. The molecule has 0 aliphatic heterocycles. The highest BCUT2D eigenvalue weighted by Crippen LogP contribution is 2.32. The van der Waals surface area contributed by atoms with Crippen LogP contribution in [0.1, 0.15) is 33.4 Å². The minimum atomic E-state index is -0.110. The number of aromatic nitrogens is 3. The van der Waals surface area contributed by atoms with Gasteiger partial charge < -0.3 is 0 Å². The number of carbonyl (C=O) groups excluding carboxylic acids is 1. The van der Waals surface area contributed by atoms with Gasteiger partial charge in [-0.3, -0.25) is 9.69 Å². The predicted molar refractivity (Wildman–Crippen MR) is 111 cm³/mol. The molecular formula is C20H18N4OS2. The van der Waals surface area contributed by atoms with Crippen LogP contribution in [-0.4, -0.2) is 20.5 Å². The molecule has 0 spiro atoms. The number of thiazole rings is 1. The van der Waals surface area contributed by atoms with Crippen molar-refractivity contribution in [2.45, 2.75) is 26.8 Å². The Bertz CT molecular complexity index is 1090. The standard InChI is InChI=1S/C20H18N4OS2/c1-3-14-9-10-16-17(11-14)26-20(21-16)24(12-15-7-5-4-6-8-15)19(25)18-13(2)22-23-27-18/h4-11H,3,12H2,1-2H3. The van der Waals surface area contributed by atoms with Crippen LogP contribution in [0, 0.1) is 6.92 Å². The molecule has 0 aliphatic rings. The fourth-order valence-corrected chi connectivity index (χ4v) is 4.47. The monoisotopic (exact) mass is 394 g/mol. The second-order valence-corrected chi connectivity index (χ2v) is 7.98. The molecule has 7 heteroatoms. The van der Waals surface area contributed by atoms with E-state index in [1.54, 1.807) is 16.2 Å². The highest BCUT2D eigenvalue weighted by atomic mass is 32.1. The van der Waals surface area contributed by atoms with Crippen LogP contribution in [-0.2, 0) is 13.0 Å². The van der Waals surface area contributed by atoms with E-state index in [9.17, 15) is 4.79 Å². The lowest BCUT2D eigenvalue weighted by Gasteiger charge is -2.19. The van der Waals surface area contributed by atoms with Crippen molar-refractivity contribution >= 4 is 44.1 Å². The van der Waals surface area contributed by atoms with Crippen molar-refractivity contribution in [3.05, 3.63) is 70.2 Å². The normalized spacial score (nSPS) is 11.0. The molecule has 0 bridgehead atoms. The third kappa shape index (κ3) is 3.61. The van der Waals surface area contributed by atoms with Crippen LogP contribution in [0.15, 0.2) is 48.5 Å². The van der Waals surface area contributed by atoms with E-state index >= 15 is 0 Å². The van der Waals surface area contributed by atoms with Crippen LogP contribution in [0.3, 0.4) is 0 Å². The Morgan fingerprint density at radius 2 is 1.93 bits per heavy atom. The molecule has 0 atom stereocenters. The molecule has 0 unspecified atom stereocenters. The number of amides is 1. The van der Waals surface area contributed by atoms with E-state index in [1.807, 2.05) is 43.3 Å². The maximum atomic E-state index is 13.3. The van der Waals surface area contributed by atoms with Crippen LogP contribution in [0.2, 0.25) is 0 Å². The van der Waals surface area contributed by atoms with Crippen molar-refractivity contribution in [2.24, 2.45) is 0 Å². The van der Waals surface area contributed by atoms with E-state index in [-0.39, 0.29) is 5.91 Å². The summed E-state index contributed by atoms with van der Waals surface area (Å²) >= 11 is 2.67. The fourth-order valence-electron chi connectivity index (χ4n) is 2.83. The van der Waals surface area contributed by atoms with E-state index in [1.165, 1.54) is 5.56 Å². The number of nitrogens with zero attached hydrogens (tertiary/aromatic N) is 4. The molecule has 0 saturated carbocycles. The Balaban J connectivity index is 1.77. The lowest BCUT2D eigenvalue weighted by molar-refractivity contribution is 0.0988. The van der Waals surface area contributed by atoms with E-state index in [0.29, 0.717) is 22.2 Å². The summed E-state index contributed by atoms with van der Waals surface area (Å²) in [7, 11) is 0. The molecular weight excluding hydrogens is 376 g/mol. The van der Waals surface area contributed by atoms with Gasteiger partial charge in [0, 0.05) is 0 Å². The average Bonchev–Trinajstić information content (AvgIpc) is 3.31. The van der Waals surface area contributed by atoms with Gasteiger partial charge in [-0.05, 0) is 48.1 Å². The Kier molecular flexibility index (Phi) is 4.96. The number of rotatable bonds is 5. The van der Waals surface area contributed by atoms with E-state index in [0.717, 1.165) is 33.7 Å². The molecule has 4 rings (SSSR count). The molecule has 0 fully saturated rings. The first-order valence-electron chi connectivity index (χ1n) is 8.70. The number of anilines is 1. The zero-order valence-corrected chi connectivity index (χ0v) is 16.7. The molecule has 0 aliphatic carbocycles. The third-order valence-electron chi connectivity index (χ3n) is 4.36. The van der Waals surface area contributed by atoms with Crippen molar-refractivity contribution in [2.75, 3.05) is 4.90 Å².